The monoisotopic (exact) mass is 349 g/mol. The van der Waals surface area contributed by atoms with Crippen molar-refractivity contribution in [3.05, 3.63) is 33.2 Å². The van der Waals surface area contributed by atoms with Gasteiger partial charge in [-0.3, -0.25) is 5.10 Å². The molecule has 0 aliphatic heterocycles. The average molecular weight is 350 g/mol. The molecular weight excluding hydrogens is 338 g/mol. The third kappa shape index (κ3) is 2.82. The molecule has 8 heteroatoms. The van der Waals surface area contributed by atoms with Crippen molar-refractivity contribution in [3.63, 3.8) is 0 Å². The predicted molar refractivity (Wildman–Crippen MR) is 73.9 cm³/mol. The lowest BCUT2D eigenvalue weighted by Crippen LogP contribution is -2.29. The molecule has 0 amide bonds. The molecule has 0 radical (unpaired) electrons. The van der Waals surface area contributed by atoms with Crippen molar-refractivity contribution in [3.8, 4) is 0 Å². The number of H-pyrrole nitrogens is 1. The molecule has 0 saturated heterocycles. The highest BCUT2D eigenvalue weighted by molar-refractivity contribution is 9.11. The molecule has 0 aromatic carbocycles. The van der Waals surface area contributed by atoms with Crippen molar-refractivity contribution in [2.24, 2.45) is 0 Å². The van der Waals surface area contributed by atoms with Crippen LogP contribution < -0.4 is 0 Å². The van der Waals surface area contributed by atoms with Gasteiger partial charge in [-0.2, -0.15) is 9.40 Å². The second-order valence-corrected chi connectivity index (χ2v) is 8.06. The molecule has 0 fully saturated rings. The van der Waals surface area contributed by atoms with Gasteiger partial charge in [-0.05, 0) is 28.1 Å². The summed E-state index contributed by atoms with van der Waals surface area (Å²) in [5, 5.41) is 6.20. The first-order valence-corrected chi connectivity index (χ1v) is 8.32. The van der Waals surface area contributed by atoms with E-state index in [0.717, 1.165) is 8.66 Å². The van der Waals surface area contributed by atoms with E-state index in [4.69, 9.17) is 0 Å². The van der Waals surface area contributed by atoms with Crippen molar-refractivity contribution >= 4 is 37.3 Å². The lowest BCUT2D eigenvalue weighted by atomic mass is 10.4. The fourth-order valence-corrected chi connectivity index (χ4v) is 4.42. The molecule has 0 bridgehead atoms. The van der Waals surface area contributed by atoms with Gasteiger partial charge in [0.1, 0.15) is 4.90 Å². The summed E-state index contributed by atoms with van der Waals surface area (Å²) in [4.78, 5) is 1.19. The number of nitrogens with one attached hydrogen (secondary N) is 1. The number of aromatic nitrogens is 2. The summed E-state index contributed by atoms with van der Waals surface area (Å²) in [6.07, 6.45) is 2.71. The van der Waals surface area contributed by atoms with Crippen LogP contribution in [0.3, 0.4) is 0 Å². The summed E-state index contributed by atoms with van der Waals surface area (Å²) in [5.74, 6) is 0. The van der Waals surface area contributed by atoms with Crippen LogP contribution in [0.1, 0.15) is 11.8 Å². The van der Waals surface area contributed by atoms with E-state index in [1.165, 1.54) is 28.0 Å². The molecule has 0 atom stereocenters. The molecule has 2 rings (SSSR count). The van der Waals surface area contributed by atoms with E-state index in [9.17, 15) is 8.42 Å². The van der Waals surface area contributed by atoms with Gasteiger partial charge in [0.15, 0.2) is 0 Å². The fourth-order valence-electron chi connectivity index (χ4n) is 1.51. The Morgan fingerprint density at radius 3 is 2.78 bits per heavy atom. The maximum absolute atomic E-state index is 12.3. The molecule has 0 aliphatic carbocycles. The first-order chi connectivity index (χ1) is 8.54. The number of hydrogen-bond donors (Lipinski definition) is 1. The Morgan fingerprint density at radius 1 is 1.50 bits per heavy atom. The first kappa shape index (κ1) is 13.7. The maximum atomic E-state index is 12.3. The van der Waals surface area contributed by atoms with Gasteiger partial charge < -0.3 is 0 Å². The zero-order valence-corrected chi connectivity index (χ0v) is 12.8. The Balaban J connectivity index is 2.24. The maximum Gasteiger partial charge on any atom is 0.246 e. The minimum atomic E-state index is -3.47. The van der Waals surface area contributed by atoms with E-state index in [0.29, 0.717) is 13.1 Å². The second-order valence-electron chi connectivity index (χ2n) is 3.57. The van der Waals surface area contributed by atoms with Crippen LogP contribution in [-0.4, -0.2) is 29.5 Å². The number of halogens is 1. The van der Waals surface area contributed by atoms with Crippen molar-refractivity contribution in [2.75, 3.05) is 6.54 Å². The van der Waals surface area contributed by atoms with Crippen molar-refractivity contribution < 1.29 is 8.42 Å². The van der Waals surface area contributed by atoms with Gasteiger partial charge in [-0.1, -0.05) is 6.92 Å². The standard InChI is InChI=1S/C10H12BrN3O2S2/c1-2-14(7-8-3-4-10(11)17-8)18(15,16)9-5-12-13-6-9/h3-6H,2,7H2,1H3,(H,12,13). The zero-order chi connectivity index (χ0) is 13.2. The summed E-state index contributed by atoms with van der Waals surface area (Å²) in [5.41, 5.74) is 0. The number of hydrogen-bond acceptors (Lipinski definition) is 4. The van der Waals surface area contributed by atoms with Gasteiger partial charge >= 0.3 is 0 Å². The van der Waals surface area contributed by atoms with Crippen molar-refractivity contribution in [1.82, 2.24) is 14.5 Å². The Morgan fingerprint density at radius 2 is 2.28 bits per heavy atom. The zero-order valence-electron chi connectivity index (χ0n) is 9.63. The molecule has 2 aromatic rings. The Bertz CT molecular complexity index is 607. The SMILES string of the molecule is CCN(Cc1ccc(Br)s1)S(=O)(=O)c1cn[nH]c1. The normalized spacial score (nSPS) is 12.2. The summed E-state index contributed by atoms with van der Waals surface area (Å²) < 4.78 is 27.0. The molecule has 2 aromatic heterocycles. The minimum Gasteiger partial charge on any atom is -0.284 e. The van der Waals surface area contributed by atoms with Gasteiger partial charge in [0.2, 0.25) is 10.0 Å². The number of sulfonamides is 1. The van der Waals surface area contributed by atoms with Crippen LogP contribution in [0, 0.1) is 0 Å². The van der Waals surface area contributed by atoms with Crippen LogP contribution in [0.2, 0.25) is 0 Å². The second kappa shape index (κ2) is 5.52. The average Bonchev–Trinajstić information content (AvgIpc) is 2.96. The van der Waals surface area contributed by atoms with E-state index in [-0.39, 0.29) is 4.90 Å². The van der Waals surface area contributed by atoms with Crippen LogP contribution in [0.25, 0.3) is 0 Å². The van der Waals surface area contributed by atoms with Gasteiger partial charge in [-0.15, -0.1) is 11.3 Å². The largest absolute Gasteiger partial charge is 0.284 e. The molecule has 2 heterocycles. The highest BCUT2D eigenvalue weighted by atomic mass is 79.9. The summed E-state index contributed by atoms with van der Waals surface area (Å²) >= 11 is 4.90. The molecular formula is C10H12BrN3O2S2. The Labute approximate surface area is 118 Å². The van der Waals surface area contributed by atoms with E-state index >= 15 is 0 Å². The van der Waals surface area contributed by atoms with E-state index in [2.05, 4.69) is 26.1 Å². The highest BCUT2D eigenvalue weighted by Gasteiger charge is 2.24. The summed E-state index contributed by atoms with van der Waals surface area (Å²) in [6, 6.07) is 3.83. The lowest BCUT2D eigenvalue weighted by molar-refractivity contribution is 0.426. The molecule has 0 saturated carbocycles. The first-order valence-electron chi connectivity index (χ1n) is 5.27. The topological polar surface area (TPSA) is 66.1 Å². The quantitative estimate of drug-likeness (QED) is 0.901. The summed E-state index contributed by atoms with van der Waals surface area (Å²) in [6.45, 7) is 2.61. The molecule has 1 N–H and O–H groups in total. The third-order valence-corrected chi connectivity index (χ3v) is 5.92. The highest BCUT2D eigenvalue weighted by Crippen LogP contribution is 2.25. The predicted octanol–water partition coefficient (Wildman–Crippen LogP) is 2.44. The number of rotatable bonds is 5. The lowest BCUT2D eigenvalue weighted by Gasteiger charge is -2.18. The number of aromatic amines is 1. The van der Waals surface area contributed by atoms with E-state index in [1.807, 2.05) is 19.1 Å². The summed E-state index contributed by atoms with van der Waals surface area (Å²) in [7, 11) is -3.47. The van der Waals surface area contributed by atoms with Crippen LogP contribution in [-0.2, 0) is 16.6 Å². The van der Waals surface area contributed by atoms with Gasteiger partial charge in [0.05, 0.1) is 9.98 Å². The van der Waals surface area contributed by atoms with Crippen LogP contribution >= 0.6 is 27.3 Å². The molecule has 0 spiro atoms. The van der Waals surface area contributed by atoms with Crippen molar-refractivity contribution in [2.45, 2.75) is 18.4 Å². The molecule has 0 aliphatic rings. The van der Waals surface area contributed by atoms with Gasteiger partial charge in [-0.25, -0.2) is 8.42 Å². The number of nitrogens with zero attached hydrogens (tertiary/aromatic N) is 2. The van der Waals surface area contributed by atoms with Crippen LogP contribution in [0.15, 0.2) is 33.2 Å². The van der Waals surface area contributed by atoms with E-state index in [1.54, 1.807) is 0 Å². The van der Waals surface area contributed by atoms with Gasteiger partial charge in [0.25, 0.3) is 0 Å². The molecule has 98 valence electrons. The van der Waals surface area contributed by atoms with Gasteiger partial charge in [0, 0.05) is 24.2 Å². The third-order valence-electron chi connectivity index (χ3n) is 2.42. The molecule has 0 unspecified atom stereocenters. The van der Waals surface area contributed by atoms with Crippen LogP contribution in [0.4, 0.5) is 0 Å². The van der Waals surface area contributed by atoms with Crippen molar-refractivity contribution in [1.29, 1.82) is 0 Å². The minimum absolute atomic E-state index is 0.194. The van der Waals surface area contributed by atoms with Crippen LogP contribution in [0.5, 0.6) is 0 Å². The number of thiophene rings is 1. The molecule has 18 heavy (non-hydrogen) atoms. The Hall–Kier alpha value is -0.700. The fraction of sp³-hybridized carbons (Fsp3) is 0.300. The smallest absolute Gasteiger partial charge is 0.246 e. The Kier molecular flexibility index (Phi) is 4.21. The molecule has 5 nitrogen and oxygen atoms in total. The van der Waals surface area contributed by atoms with E-state index < -0.39 is 10.0 Å².